The zero-order chi connectivity index (χ0) is 21.4. The Morgan fingerprint density at radius 1 is 0.931 bits per heavy atom. The summed E-state index contributed by atoms with van der Waals surface area (Å²) in [6.45, 7) is 5.35. The second kappa shape index (κ2) is 9.93. The van der Waals surface area contributed by atoms with Gasteiger partial charge in [-0.05, 0) is 62.7 Å². The molecule has 0 unspecified atom stereocenters. The quantitative estimate of drug-likeness (QED) is 0.667. The van der Waals surface area contributed by atoms with E-state index in [0.29, 0.717) is 22.8 Å². The fraction of sp³-hybridized carbons (Fsp3) is 0.286. The monoisotopic (exact) mass is 417 g/mol. The molecule has 2 rings (SSSR count). The fourth-order valence-electron chi connectivity index (χ4n) is 2.24. The third-order valence-corrected chi connectivity index (χ3v) is 3.85. The molecule has 8 heteroatoms. The largest absolute Gasteiger partial charge is 0.444 e. The van der Waals surface area contributed by atoms with Crippen molar-refractivity contribution in [2.24, 2.45) is 0 Å². The summed E-state index contributed by atoms with van der Waals surface area (Å²) in [5.74, 6) is -0.577. The molecular formula is C21H24ClN3O4. The molecule has 0 bridgehead atoms. The number of nitrogens with one attached hydrogen (secondary N) is 3. The van der Waals surface area contributed by atoms with Gasteiger partial charge in [0.15, 0.2) is 0 Å². The molecule has 0 saturated heterocycles. The van der Waals surface area contributed by atoms with Crippen molar-refractivity contribution in [2.75, 3.05) is 11.9 Å². The summed E-state index contributed by atoms with van der Waals surface area (Å²) in [6, 6.07) is 13.7. The van der Waals surface area contributed by atoms with Gasteiger partial charge in [-0.1, -0.05) is 23.7 Å². The maximum absolute atomic E-state index is 12.2. The molecule has 3 amide bonds. The standard InChI is InChI=1S/C21H24ClN3O4/c1-21(2,3)29-20(28)24-13-18(26)23-12-14-4-10-17(11-5-14)25-19(27)15-6-8-16(22)9-7-15/h4-11H,12-13H2,1-3H3,(H,23,26)(H,24,28)(H,25,27). The highest BCUT2D eigenvalue weighted by Gasteiger charge is 2.16. The van der Waals surface area contributed by atoms with E-state index in [0.717, 1.165) is 5.56 Å². The van der Waals surface area contributed by atoms with Gasteiger partial charge >= 0.3 is 6.09 Å². The van der Waals surface area contributed by atoms with Gasteiger partial charge in [-0.25, -0.2) is 4.79 Å². The summed E-state index contributed by atoms with van der Waals surface area (Å²) in [7, 11) is 0. The number of amides is 3. The van der Waals surface area contributed by atoms with Crippen LogP contribution in [-0.4, -0.2) is 30.1 Å². The Bertz CT molecular complexity index is 859. The van der Waals surface area contributed by atoms with Gasteiger partial charge in [0, 0.05) is 22.8 Å². The Kier molecular flexibility index (Phi) is 7.61. The molecular weight excluding hydrogens is 394 g/mol. The average Bonchev–Trinajstić information content (AvgIpc) is 2.65. The lowest BCUT2D eigenvalue weighted by Crippen LogP contribution is -2.39. The molecule has 0 fully saturated rings. The number of rotatable bonds is 6. The van der Waals surface area contributed by atoms with Crippen LogP contribution >= 0.6 is 11.6 Å². The van der Waals surface area contributed by atoms with Gasteiger partial charge < -0.3 is 20.7 Å². The van der Waals surface area contributed by atoms with Crippen LogP contribution in [0.4, 0.5) is 10.5 Å². The van der Waals surface area contributed by atoms with Gasteiger partial charge in [0.25, 0.3) is 5.91 Å². The normalized spacial score (nSPS) is 10.8. The van der Waals surface area contributed by atoms with Crippen molar-refractivity contribution in [3.8, 4) is 0 Å². The molecule has 0 aromatic heterocycles. The van der Waals surface area contributed by atoms with Gasteiger partial charge in [0.05, 0.1) is 0 Å². The SMILES string of the molecule is CC(C)(C)OC(=O)NCC(=O)NCc1ccc(NC(=O)c2ccc(Cl)cc2)cc1. The lowest BCUT2D eigenvalue weighted by atomic mass is 10.2. The summed E-state index contributed by atoms with van der Waals surface area (Å²) < 4.78 is 5.06. The van der Waals surface area contributed by atoms with Crippen molar-refractivity contribution in [2.45, 2.75) is 32.9 Å². The zero-order valence-corrected chi connectivity index (χ0v) is 17.3. The van der Waals surface area contributed by atoms with Crippen molar-refractivity contribution in [3.63, 3.8) is 0 Å². The maximum atomic E-state index is 12.2. The Morgan fingerprint density at radius 2 is 1.55 bits per heavy atom. The molecule has 0 aliphatic rings. The first-order chi connectivity index (χ1) is 13.6. The molecule has 2 aromatic carbocycles. The van der Waals surface area contributed by atoms with E-state index in [9.17, 15) is 14.4 Å². The van der Waals surface area contributed by atoms with Crippen molar-refractivity contribution in [1.82, 2.24) is 10.6 Å². The molecule has 0 radical (unpaired) electrons. The first-order valence-electron chi connectivity index (χ1n) is 9.02. The average molecular weight is 418 g/mol. The Morgan fingerprint density at radius 3 is 2.14 bits per heavy atom. The third-order valence-electron chi connectivity index (χ3n) is 3.60. The van der Waals surface area contributed by atoms with Crippen LogP contribution in [0, 0.1) is 0 Å². The van der Waals surface area contributed by atoms with E-state index >= 15 is 0 Å². The lowest BCUT2D eigenvalue weighted by molar-refractivity contribution is -0.120. The summed E-state index contributed by atoms with van der Waals surface area (Å²) in [4.78, 5) is 35.5. The van der Waals surface area contributed by atoms with E-state index in [1.165, 1.54) is 0 Å². The fourth-order valence-corrected chi connectivity index (χ4v) is 2.37. The summed E-state index contributed by atoms with van der Waals surface area (Å²) in [6.07, 6.45) is -0.645. The van der Waals surface area contributed by atoms with Crippen LogP contribution in [0.2, 0.25) is 5.02 Å². The second-order valence-corrected chi connectivity index (χ2v) is 7.73. The Labute approximate surface area is 174 Å². The molecule has 0 aliphatic carbocycles. The van der Waals surface area contributed by atoms with E-state index in [1.807, 2.05) is 0 Å². The molecule has 154 valence electrons. The smallest absolute Gasteiger partial charge is 0.408 e. The lowest BCUT2D eigenvalue weighted by Gasteiger charge is -2.19. The number of ether oxygens (including phenoxy) is 1. The van der Waals surface area contributed by atoms with Crippen molar-refractivity contribution in [3.05, 3.63) is 64.7 Å². The minimum Gasteiger partial charge on any atom is -0.444 e. The number of anilines is 1. The molecule has 0 saturated carbocycles. The van der Waals surface area contributed by atoms with E-state index in [1.54, 1.807) is 69.3 Å². The number of hydrogen-bond acceptors (Lipinski definition) is 4. The predicted molar refractivity (Wildman–Crippen MR) is 112 cm³/mol. The summed E-state index contributed by atoms with van der Waals surface area (Å²) >= 11 is 5.82. The molecule has 7 nitrogen and oxygen atoms in total. The van der Waals surface area contributed by atoms with Crippen LogP contribution < -0.4 is 16.0 Å². The summed E-state index contributed by atoms with van der Waals surface area (Å²) in [5, 5.41) is 8.45. The van der Waals surface area contributed by atoms with Crippen molar-refractivity contribution < 1.29 is 19.1 Å². The van der Waals surface area contributed by atoms with Gasteiger partial charge in [-0.3, -0.25) is 9.59 Å². The van der Waals surface area contributed by atoms with E-state index in [4.69, 9.17) is 16.3 Å². The molecule has 3 N–H and O–H groups in total. The number of alkyl carbamates (subject to hydrolysis) is 1. The number of carbonyl (C=O) groups excluding carboxylic acids is 3. The van der Waals surface area contributed by atoms with Gasteiger partial charge in [0.2, 0.25) is 5.91 Å². The van der Waals surface area contributed by atoms with Crippen LogP contribution in [0.5, 0.6) is 0 Å². The zero-order valence-electron chi connectivity index (χ0n) is 16.5. The number of carbonyl (C=O) groups is 3. The van der Waals surface area contributed by atoms with E-state index in [2.05, 4.69) is 16.0 Å². The highest BCUT2D eigenvalue weighted by Crippen LogP contribution is 2.14. The minimum atomic E-state index is -0.645. The third kappa shape index (κ3) is 8.23. The number of benzene rings is 2. The second-order valence-electron chi connectivity index (χ2n) is 7.29. The Hall–Kier alpha value is -3.06. The highest BCUT2D eigenvalue weighted by molar-refractivity contribution is 6.30. The van der Waals surface area contributed by atoms with Crippen LogP contribution in [0.1, 0.15) is 36.7 Å². The molecule has 0 heterocycles. The molecule has 2 aromatic rings. The van der Waals surface area contributed by atoms with Crippen molar-refractivity contribution in [1.29, 1.82) is 0 Å². The minimum absolute atomic E-state index is 0.176. The van der Waals surface area contributed by atoms with Crippen LogP contribution in [0.3, 0.4) is 0 Å². The Balaban J connectivity index is 1.77. The first kappa shape index (κ1) is 22.2. The topological polar surface area (TPSA) is 96.5 Å². The van der Waals surface area contributed by atoms with Crippen LogP contribution in [-0.2, 0) is 16.1 Å². The number of halogens is 1. The maximum Gasteiger partial charge on any atom is 0.408 e. The van der Waals surface area contributed by atoms with Crippen LogP contribution in [0.25, 0.3) is 0 Å². The van der Waals surface area contributed by atoms with E-state index < -0.39 is 11.7 Å². The van der Waals surface area contributed by atoms with Crippen LogP contribution in [0.15, 0.2) is 48.5 Å². The first-order valence-corrected chi connectivity index (χ1v) is 9.39. The van der Waals surface area contributed by atoms with Gasteiger partial charge in [-0.15, -0.1) is 0 Å². The number of hydrogen-bond donors (Lipinski definition) is 3. The summed E-state index contributed by atoms with van der Waals surface area (Å²) in [5.41, 5.74) is 1.36. The molecule has 0 spiro atoms. The highest BCUT2D eigenvalue weighted by atomic mass is 35.5. The molecule has 29 heavy (non-hydrogen) atoms. The van der Waals surface area contributed by atoms with Gasteiger partial charge in [-0.2, -0.15) is 0 Å². The molecule has 0 aliphatic heterocycles. The molecule has 0 atom stereocenters. The van der Waals surface area contributed by atoms with E-state index in [-0.39, 0.29) is 18.4 Å². The van der Waals surface area contributed by atoms with Gasteiger partial charge in [0.1, 0.15) is 12.1 Å². The predicted octanol–water partition coefficient (Wildman–Crippen LogP) is 3.73. The van der Waals surface area contributed by atoms with Crippen molar-refractivity contribution >= 4 is 35.2 Å².